The predicted molar refractivity (Wildman–Crippen MR) is 116 cm³/mol. The number of methoxy groups -OCH3 is 1. The number of piperidine rings is 1. The van der Waals surface area contributed by atoms with E-state index in [0.717, 1.165) is 13.1 Å². The maximum absolute atomic E-state index is 12.9. The summed E-state index contributed by atoms with van der Waals surface area (Å²) in [4.78, 5) is 26.4. The quantitative estimate of drug-likeness (QED) is 0.795. The fourth-order valence-electron chi connectivity index (χ4n) is 5.50. The summed E-state index contributed by atoms with van der Waals surface area (Å²) in [6.45, 7) is 10.5. The van der Waals surface area contributed by atoms with Crippen LogP contribution in [0.15, 0.2) is 18.2 Å². The van der Waals surface area contributed by atoms with Crippen LogP contribution in [-0.4, -0.2) is 50.5 Å². The lowest BCUT2D eigenvalue weighted by atomic mass is 9.69. The van der Waals surface area contributed by atoms with Gasteiger partial charge in [0, 0.05) is 24.5 Å². The second-order valence-corrected chi connectivity index (χ2v) is 10.8. The molecule has 0 spiro atoms. The summed E-state index contributed by atoms with van der Waals surface area (Å²) in [5.41, 5.74) is 4.02. The Hall–Kier alpha value is -1.98. The molecule has 3 atom stereocenters. The van der Waals surface area contributed by atoms with Gasteiger partial charge in [-0.25, -0.2) is 4.79 Å². The standard InChI is InChI=1S/C23H33BN2O3/c1-22(2,3)15-6-13(7-16(24)8-15)19-17-11-26(12-18(17)19)20(27)14-9-23(4,10-14)25-21(28)29-5/h6-8,14,17-19H,9-12,24H2,1-5H3,(H,25,28)/t14-,17-,18+,19+,23+. The van der Waals surface area contributed by atoms with Crippen LogP contribution in [0.1, 0.15) is 57.6 Å². The van der Waals surface area contributed by atoms with E-state index < -0.39 is 6.09 Å². The molecule has 4 rings (SSSR count). The number of amides is 2. The van der Waals surface area contributed by atoms with Crippen molar-refractivity contribution in [2.24, 2.45) is 17.8 Å². The van der Waals surface area contributed by atoms with Crippen molar-refractivity contribution in [1.82, 2.24) is 10.2 Å². The summed E-state index contributed by atoms with van der Waals surface area (Å²) >= 11 is 0. The Morgan fingerprint density at radius 2 is 1.79 bits per heavy atom. The molecule has 2 saturated carbocycles. The van der Waals surface area contributed by atoms with Crippen molar-refractivity contribution in [2.45, 2.75) is 57.4 Å². The molecule has 0 aromatic heterocycles. The molecule has 3 aliphatic rings. The van der Waals surface area contributed by atoms with E-state index in [4.69, 9.17) is 0 Å². The Bertz CT molecular complexity index is 829. The van der Waals surface area contributed by atoms with Crippen LogP contribution in [0.25, 0.3) is 0 Å². The number of nitrogens with zero attached hydrogens (tertiary/aromatic N) is 1. The third kappa shape index (κ3) is 3.78. The lowest BCUT2D eigenvalue weighted by Crippen LogP contribution is -2.58. The molecule has 2 amide bonds. The molecule has 156 valence electrons. The average molecular weight is 396 g/mol. The van der Waals surface area contributed by atoms with E-state index >= 15 is 0 Å². The van der Waals surface area contributed by atoms with Crippen LogP contribution in [0, 0.1) is 17.8 Å². The lowest BCUT2D eigenvalue weighted by Gasteiger charge is -2.45. The van der Waals surface area contributed by atoms with Gasteiger partial charge in [-0.3, -0.25) is 4.79 Å². The molecule has 1 heterocycles. The van der Waals surface area contributed by atoms with E-state index in [2.05, 4.69) is 61.8 Å². The molecule has 1 saturated heterocycles. The van der Waals surface area contributed by atoms with Gasteiger partial charge < -0.3 is 15.0 Å². The van der Waals surface area contributed by atoms with Crippen molar-refractivity contribution in [1.29, 1.82) is 0 Å². The average Bonchev–Trinajstić information content (AvgIpc) is 3.11. The largest absolute Gasteiger partial charge is 0.453 e. The third-order valence-corrected chi connectivity index (χ3v) is 7.19. The number of hydrogen-bond donors (Lipinski definition) is 1. The number of carbonyl (C=O) groups is 2. The molecule has 1 N–H and O–H groups in total. The second-order valence-electron chi connectivity index (χ2n) is 10.8. The van der Waals surface area contributed by atoms with Gasteiger partial charge in [-0.05, 0) is 54.1 Å². The Labute approximate surface area is 175 Å². The molecule has 0 bridgehead atoms. The van der Waals surface area contributed by atoms with Gasteiger partial charge in [-0.1, -0.05) is 44.4 Å². The second kappa shape index (κ2) is 6.78. The molecule has 1 aromatic carbocycles. The molecule has 2 aliphatic carbocycles. The molecule has 1 aliphatic heterocycles. The summed E-state index contributed by atoms with van der Waals surface area (Å²) in [6, 6.07) is 7.02. The highest BCUT2D eigenvalue weighted by molar-refractivity contribution is 6.32. The minimum absolute atomic E-state index is 0.0274. The molecule has 5 nitrogen and oxygen atoms in total. The Morgan fingerprint density at radius 1 is 1.17 bits per heavy atom. The summed E-state index contributed by atoms with van der Waals surface area (Å²) < 4.78 is 4.68. The van der Waals surface area contributed by atoms with E-state index in [1.54, 1.807) is 0 Å². The fourth-order valence-corrected chi connectivity index (χ4v) is 5.50. The number of benzene rings is 1. The molecule has 1 aromatic rings. The monoisotopic (exact) mass is 396 g/mol. The first-order valence-electron chi connectivity index (χ1n) is 10.8. The molecule has 0 radical (unpaired) electrons. The fraction of sp³-hybridized carbons (Fsp3) is 0.652. The van der Waals surface area contributed by atoms with Crippen molar-refractivity contribution in [3.63, 3.8) is 0 Å². The lowest BCUT2D eigenvalue weighted by molar-refractivity contribution is -0.140. The third-order valence-electron chi connectivity index (χ3n) is 7.19. The first kappa shape index (κ1) is 20.3. The first-order valence-corrected chi connectivity index (χ1v) is 10.8. The zero-order valence-corrected chi connectivity index (χ0v) is 18.5. The summed E-state index contributed by atoms with van der Waals surface area (Å²) in [5.74, 6) is 2.11. The number of fused-ring (bicyclic) bond motifs is 1. The van der Waals surface area contributed by atoms with Crippen molar-refractivity contribution < 1.29 is 14.3 Å². The number of alkyl carbamates (subject to hydrolysis) is 1. The van der Waals surface area contributed by atoms with Crippen molar-refractivity contribution >= 4 is 25.3 Å². The maximum atomic E-state index is 12.9. The Balaban J connectivity index is 1.34. The highest BCUT2D eigenvalue weighted by Crippen LogP contribution is 2.58. The zero-order chi connectivity index (χ0) is 21.1. The predicted octanol–water partition coefficient (Wildman–Crippen LogP) is 1.94. The van der Waals surface area contributed by atoms with Crippen LogP contribution in [0.2, 0.25) is 0 Å². The summed E-state index contributed by atoms with van der Waals surface area (Å²) in [6.07, 6.45) is 0.975. The van der Waals surface area contributed by atoms with Gasteiger partial charge in [0.1, 0.15) is 7.85 Å². The summed E-state index contributed by atoms with van der Waals surface area (Å²) in [7, 11) is 3.55. The molecular formula is C23H33BN2O3. The molecular weight excluding hydrogens is 363 g/mol. The van der Waals surface area contributed by atoms with Crippen molar-refractivity contribution in [3.8, 4) is 0 Å². The van der Waals surface area contributed by atoms with Gasteiger partial charge in [-0.2, -0.15) is 0 Å². The number of rotatable bonds is 3. The van der Waals surface area contributed by atoms with Gasteiger partial charge in [0.25, 0.3) is 0 Å². The van der Waals surface area contributed by atoms with E-state index in [-0.39, 0.29) is 22.8 Å². The van der Waals surface area contributed by atoms with E-state index in [9.17, 15) is 9.59 Å². The molecule has 3 fully saturated rings. The van der Waals surface area contributed by atoms with E-state index in [1.165, 1.54) is 23.7 Å². The van der Waals surface area contributed by atoms with Crippen molar-refractivity contribution in [2.75, 3.05) is 20.2 Å². The van der Waals surface area contributed by atoms with Gasteiger partial charge >= 0.3 is 6.09 Å². The molecule has 0 unspecified atom stereocenters. The number of likely N-dealkylation sites (tertiary alicyclic amines) is 1. The smallest absolute Gasteiger partial charge is 0.407 e. The van der Waals surface area contributed by atoms with E-state index in [0.29, 0.717) is 30.6 Å². The number of nitrogens with one attached hydrogen (secondary N) is 1. The van der Waals surface area contributed by atoms with Crippen LogP contribution in [0.5, 0.6) is 0 Å². The summed E-state index contributed by atoms with van der Waals surface area (Å²) in [5, 5.41) is 2.85. The van der Waals surface area contributed by atoms with Gasteiger partial charge in [0.2, 0.25) is 5.91 Å². The Kier molecular flexibility index (Phi) is 4.75. The van der Waals surface area contributed by atoms with Crippen LogP contribution >= 0.6 is 0 Å². The highest BCUT2D eigenvalue weighted by Gasteiger charge is 2.58. The topological polar surface area (TPSA) is 58.6 Å². The van der Waals surface area contributed by atoms with Crippen LogP contribution < -0.4 is 10.8 Å². The van der Waals surface area contributed by atoms with Crippen molar-refractivity contribution in [3.05, 3.63) is 29.3 Å². The molecule has 6 heteroatoms. The van der Waals surface area contributed by atoms with Gasteiger partial charge in [-0.15, -0.1) is 0 Å². The van der Waals surface area contributed by atoms with Crippen LogP contribution in [0.4, 0.5) is 4.79 Å². The van der Waals surface area contributed by atoms with Crippen LogP contribution in [-0.2, 0) is 14.9 Å². The van der Waals surface area contributed by atoms with Gasteiger partial charge in [0.05, 0.1) is 7.11 Å². The van der Waals surface area contributed by atoms with E-state index in [1.807, 2.05) is 6.92 Å². The van der Waals surface area contributed by atoms with Gasteiger partial charge in [0.15, 0.2) is 0 Å². The maximum Gasteiger partial charge on any atom is 0.407 e. The molecule has 29 heavy (non-hydrogen) atoms. The zero-order valence-electron chi connectivity index (χ0n) is 18.5. The number of hydrogen-bond acceptors (Lipinski definition) is 3. The number of carbonyl (C=O) groups excluding carboxylic acids is 2. The normalized spacial score (nSPS) is 32.9. The minimum atomic E-state index is -0.420. The first-order chi connectivity index (χ1) is 13.5. The number of ether oxygens (including phenoxy) is 1. The Morgan fingerprint density at radius 3 is 2.34 bits per heavy atom. The van der Waals surface area contributed by atoms with Crippen LogP contribution in [0.3, 0.4) is 0 Å². The SMILES string of the molecule is Bc1cc([C@H]2[C@@H]3CN(C(=O)[C@H]4C[C@@](C)(NC(=O)OC)C4)C[C@@H]32)cc(C(C)(C)C)c1. The highest BCUT2D eigenvalue weighted by atomic mass is 16.5. The minimum Gasteiger partial charge on any atom is -0.453 e.